The molecule has 6 heteroatoms. The molecule has 0 spiro atoms. The largest absolute Gasteiger partial charge is 0.482 e. The molecule has 0 saturated carbocycles. The number of benzene rings is 1. The van der Waals surface area contributed by atoms with Crippen LogP contribution in [0, 0.1) is 0 Å². The second-order valence-corrected chi connectivity index (χ2v) is 4.68. The van der Waals surface area contributed by atoms with Crippen molar-refractivity contribution in [2.45, 2.75) is 19.9 Å². The van der Waals surface area contributed by atoms with Gasteiger partial charge in [-0.3, -0.25) is 4.79 Å². The van der Waals surface area contributed by atoms with Gasteiger partial charge in [-0.1, -0.05) is 0 Å². The summed E-state index contributed by atoms with van der Waals surface area (Å²) in [6, 6.07) is 4.98. The summed E-state index contributed by atoms with van der Waals surface area (Å²) in [5.41, 5.74) is 1.26. The number of carbonyl (C=O) groups excluding carboxylic acids is 2. The van der Waals surface area contributed by atoms with E-state index in [1.165, 1.54) is 4.90 Å². The summed E-state index contributed by atoms with van der Waals surface area (Å²) >= 11 is 0. The summed E-state index contributed by atoms with van der Waals surface area (Å²) in [4.78, 5) is 24.7. The van der Waals surface area contributed by atoms with Gasteiger partial charge in [-0.2, -0.15) is 0 Å². The topological polar surface area (TPSA) is 70.7 Å². The maximum absolute atomic E-state index is 11.6. The van der Waals surface area contributed by atoms with E-state index in [9.17, 15) is 9.59 Å². The van der Waals surface area contributed by atoms with Gasteiger partial charge < -0.3 is 20.3 Å². The second kappa shape index (κ2) is 5.17. The van der Waals surface area contributed by atoms with Crippen LogP contribution in [0.3, 0.4) is 0 Å². The fourth-order valence-corrected chi connectivity index (χ4v) is 1.78. The van der Waals surface area contributed by atoms with Gasteiger partial charge in [0.1, 0.15) is 5.75 Å². The van der Waals surface area contributed by atoms with Crippen molar-refractivity contribution >= 4 is 23.3 Å². The summed E-state index contributed by atoms with van der Waals surface area (Å²) in [5.74, 6) is 0.521. The first kappa shape index (κ1) is 13.2. The molecule has 1 heterocycles. The van der Waals surface area contributed by atoms with Crippen LogP contribution in [0.15, 0.2) is 18.2 Å². The van der Waals surface area contributed by atoms with Gasteiger partial charge in [0.2, 0.25) is 0 Å². The third-order valence-corrected chi connectivity index (χ3v) is 2.72. The summed E-state index contributed by atoms with van der Waals surface area (Å²) in [7, 11) is 1.68. The van der Waals surface area contributed by atoms with Gasteiger partial charge in [-0.15, -0.1) is 0 Å². The number of likely N-dealkylation sites (N-methyl/N-ethyl adjacent to an activating group) is 1. The number of hydrogen-bond acceptors (Lipinski definition) is 3. The molecule has 2 N–H and O–H groups in total. The number of hydrogen-bond donors (Lipinski definition) is 2. The van der Waals surface area contributed by atoms with E-state index in [0.29, 0.717) is 17.1 Å². The summed E-state index contributed by atoms with van der Waals surface area (Å²) in [5, 5.41) is 5.44. The molecule has 0 saturated heterocycles. The number of fused-ring (bicyclic) bond motifs is 1. The summed E-state index contributed by atoms with van der Waals surface area (Å²) in [6.07, 6.45) is 0. The predicted octanol–water partition coefficient (Wildman–Crippen LogP) is 1.57. The molecule has 0 aliphatic carbocycles. The van der Waals surface area contributed by atoms with Crippen LogP contribution in [0.2, 0.25) is 0 Å². The highest BCUT2D eigenvalue weighted by atomic mass is 16.5. The molecular weight excluding hydrogens is 246 g/mol. The standard InChI is InChI=1S/C13H17N3O3/c1-8(2)14-13(18)15-9-4-5-11-10(6-9)16(3)12(17)7-19-11/h4-6,8H,7H2,1-3H3,(H2,14,15,18). The lowest BCUT2D eigenvalue weighted by molar-refractivity contribution is -0.120. The highest BCUT2D eigenvalue weighted by Gasteiger charge is 2.22. The molecule has 1 aromatic rings. The van der Waals surface area contributed by atoms with E-state index in [2.05, 4.69) is 10.6 Å². The molecule has 0 bridgehead atoms. The van der Waals surface area contributed by atoms with Gasteiger partial charge in [0.05, 0.1) is 5.69 Å². The van der Waals surface area contributed by atoms with Crippen molar-refractivity contribution in [1.82, 2.24) is 5.32 Å². The van der Waals surface area contributed by atoms with Gasteiger partial charge in [0.25, 0.3) is 5.91 Å². The molecule has 3 amide bonds. The van der Waals surface area contributed by atoms with Crippen LogP contribution in [0.5, 0.6) is 5.75 Å². The quantitative estimate of drug-likeness (QED) is 0.851. The van der Waals surface area contributed by atoms with Gasteiger partial charge in [-0.05, 0) is 32.0 Å². The third-order valence-electron chi connectivity index (χ3n) is 2.72. The Kier molecular flexibility index (Phi) is 3.59. The Hall–Kier alpha value is -2.24. The second-order valence-electron chi connectivity index (χ2n) is 4.68. The number of amides is 3. The molecule has 1 aromatic carbocycles. The lowest BCUT2D eigenvalue weighted by Crippen LogP contribution is -2.36. The Balaban J connectivity index is 2.16. The molecule has 6 nitrogen and oxygen atoms in total. The Labute approximate surface area is 111 Å². The van der Waals surface area contributed by atoms with Crippen molar-refractivity contribution in [1.29, 1.82) is 0 Å². The molecule has 0 unspecified atom stereocenters. The summed E-state index contributed by atoms with van der Waals surface area (Å²) in [6.45, 7) is 3.81. The fourth-order valence-electron chi connectivity index (χ4n) is 1.78. The molecule has 2 rings (SSSR count). The number of rotatable bonds is 2. The number of ether oxygens (including phenoxy) is 1. The zero-order valence-corrected chi connectivity index (χ0v) is 11.2. The van der Waals surface area contributed by atoms with Crippen LogP contribution in [0.4, 0.5) is 16.2 Å². The monoisotopic (exact) mass is 263 g/mol. The van der Waals surface area contributed by atoms with Crippen LogP contribution in [-0.2, 0) is 4.79 Å². The lowest BCUT2D eigenvalue weighted by Gasteiger charge is -2.26. The minimum atomic E-state index is -0.277. The Morgan fingerprint density at radius 3 is 2.84 bits per heavy atom. The fraction of sp³-hybridized carbons (Fsp3) is 0.385. The van der Waals surface area contributed by atoms with Crippen LogP contribution in [0.1, 0.15) is 13.8 Å². The molecule has 1 aliphatic rings. The van der Waals surface area contributed by atoms with Crippen molar-refractivity contribution in [2.24, 2.45) is 0 Å². The van der Waals surface area contributed by atoms with Crippen molar-refractivity contribution in [3.05, 3.63) is 18.2 Å². The molecule has 0 atom stereocenters. The highest BCUT2D eigenvalue weighted by Crippen LogP contribution is 2.33. The number of carbonyl (C=O) groups is 2. The normalized spacial score (nSPS) is 13.9. The van der Waals surface area contributed by atoms with E-state index >= 15 is 0 Å². The molecule has 0 radical (unpaired) electrons. The summed E-state index contributed by atoms with van der Waals surface area (Å²) < 4.78 is 5.31. The first-order chi connectivity index (χ1) is 8.97. The lowest BCUT2D eigenvalue weighted by atomic mass is 10.2. The van der Waals surface area contributed by atoms with E-state index < -0.39 is 0 Å². The maximum atomic E-state index is 11.6. The minimum Gasteiger partial charge on any atom is -0.482 e. The Bertz CT molecular complexity index is 514. The van der Waals surface area contributed by atoms with Crippen LogP contribution in [0.25, 0.3) is 0 Å². The number of nitrogens with zero attached hydrogens (tertiary/aromatic N) is 1. The highest BCUT2D eigenvalue weighted by molar-refractivity contribution is 5.99. The van der Waals surface area contributed by atoms with Crippen molar-refractivity contribution in [3.63, 3.8) is 0 Å². The van der Waals surface area contributed by atoms with E-state index in [0.717, 1.165) is 0 Å². The number of anilines is 2. The molecule has 1 aliphatic heterocycles. The Morgan fingerprint density at radius 1 is 1.42 bits per heavy atom. The zero-order chi connectivity index (χ0) is 14.0. The first-order valence-corrected chi connectivity index (χ1v) is 6.08. The van der Waals surface area contributed by atoms with Crippen LogP contribution in [-0.4, -0.2) is 31.6 Å². The average Bonchev–Trinajstić information content (AvgIpc) is 2.33. The van der Waals surface area contributed by atoms with Gasteiger partial charge in [0, 0.05) is 18.8 Å². The van der Waals surface area contributed by atoms with Crippen molar-refractivity contribution in [2.75, 3.05) is 23.9 Å². The smallest absolute Gasteiger partial charge is 0.319 e. The van der Waals surface area contributed by atoms with Crippen molar-refractivity contribution in [3.8, 4) is 5.75 Å². The predicted molar refractivity (Wildman–Crippen MR) is 72.6 cm³/mol. The first-order valence-electron chi connectivity index (χ1n) is 6.08. The molecule has 0 fully saturated rings. The maximum Gasteiger partial charge on any atom is 0.319 e. The molecule has 19 heavy (non-hydrogen) atoms. The SMILES string of the molecule is CC(C)NC(=O)Nc1ccc2c(c1)N(C)C(=O)CO2. The van der Waals surface area contributed by atoms with E-state index in [1.807, 2.05) is 13.8 Å². The van der Waals surface area contributed by atoms with Gasteiger partial charge >= 0.3 is 6.03 Å². The molecular formula is C13H17N3O3. The van der Waals surface area contributed by atoms with Crippen LogP contribution >= 0.6 is 0 Å². The van der Waals surface area contributed by atoms with E-state index in [-0.39, 0.29) is 24.6 Å². The van der Waals surface area contributed by atoms with E-state index in [4.69, 9.17) is 4.74 Å². The zero-order valence-electron chi connectivity index (χ0n) is 11.2. The number of nitrogens with one attached hydrogen (secondary N) is 2. The average molecular weight is 263 g/mol. The van der Waals surface area contributed by atoms with Gasteiger partial charge in [-0.25, -0.2) is 4.79 Å². The van der Waals surface area contributed by atoms with Crippen molar-refractivity contribution < 1.29 is 14.3 Å². The molecule has 102 valence electrons. The Morgan fingerprint density at radius 2 is 2.16 bits per heavy atom. The minimum absolute atomic E-state index is 0.0457. The third kappa shape index (κ3) is 2.96. The number of urea groups is 1. The van der Waals surface area contributed by atoms with E-state index in [1.54, 1.807) is 25.2 Å². The molecule has 0 aromatic heterocycles. The van der Waals surface area contributed by atoms with Gasteiger partial charge in [0.15, 0.2) is 6.61 Å². The van der Waals surface area contributed by atoms with Crippen LogP contribution < -0.4 is 20.3 Å².